The molecular formula is C72H101N15O15S3. The smallest absolute Gasteiger partial charge is 0.245 e. The number of thiol groups is 3. The van der Waals surface area contributed by atoms with Gasteiger partial charge in [0.1, 0.15) is 60.4 Å². The third kappa shape index (κ3) is 27.6. The zero-order valence-corrected chi connectivity index (χ0v) is 61.9. The van der Waals surface area contributed by atoms with Gasteiger partial charge in [-0.2, -0.15) is 37.9 Å². The highest BCUT2D eigenvalue weighted by atomic mass is 32.1. The van der Waals surface area contributed by atoms with Gasteiger partial charge in [-0.3, -0.25) is 57.5 Å². The van der Waals surface area contributed by atoms with Crippen LogP contribution in [-0.4, -0.2) is 227 Å². The lowest BCUT2D eigenvalue weighted by Crippen LogP contribution is -2.63. The summed E-state index contributed by atoms with van der Waals surface area (Å²) in [4.78, 5) is 174. The highest BCUT2D eigenvalue weighted by molar-refractivity contribution is 7.80. The van der Waals surface area contributed by atoms with E-state index in [-0.39, 0.29) is 68.7 Å². The number of fused-ring (bicyclic) bond motifs is 1. The maximum Gasteiger partial charge on any atom is 0.245 e. The Kier molecular flexibility index (Phi) is 37.7. The number of carbonyl (C=O) groups is 12. The fourth-order valence-electron chi connectivity index (χ4n) is 11.2. The number of benzene rings is 4. The first-order chi connectivity index (χ1) is 50.3. The summed E-state index contributed by atoms with van der Waals surface area (Å²) in [5.74, 6) is -11.5. The highest BCUT2D eigenvalue weighted by Crippen LogP contribution is 2.21. The van der Waals surface area contributed by atoms with E-state index in [1.165, 1.54) is 14.0 Å². The van der Waals surface area contributed by atoms with Gasteiger partial charge in [-0.25, -0.2) is 0 Å². The minimum absolute atomic E-state index is 0.104. The van der Waals surface area contributed by atoms with Crippen molar-refractivity contribution in [3.63, 3.8) is 0 Å². The molecule has 0 radical (unpaired) electrons. The molecule has 0 fully saturated rings. The molecule has 0 bridgehead atoms. The molecule has 0 saturated heterocycles. The van der Waals surface area contributed by atoms with Crippen molar-refractivity contribution in [1.82, 2.24) is 68.8 Å². The zero-order valence-electron chi connectivity index (χ0n) is 59.2. The molecule has 1 aromatic heterocycles. The molecule has 14 atom stereocenters. The second kappa shape index (κ2) is 45.6. The monoisotopic (exact) mass is 1510 g/mol. The summed E-state index contributed by atoms with van der Waals surface area (Å²) in [6.07, 6.45) is -0.878. The number of amides is 10. The first-order valence-corrected chi connectivity index (χ1v) is 36.6. The van der Waals surface area contributed by atoms with Gasteiger partial charge in [0.15, 0.2) is 0 Å². The van der Waals surface area contributed by atoms with Crippen LogP contribution in [0.25, 0.3) is 10.9 Å². The number of carbonyl (C=O) groups excluding carboxylic acids is 12. The summed E-state index contributed by atoms with van der Waals surface area (Å²) < 4.78 is 0. The lowest BCUT2D eigenvalue weighted by atomic mass is 10.00. The van der Waals surface area contributed by atoms with Gasteiger partial charge >= 0.3 is 0 Å². The van der Waals surface area contributed by atoms with Crippen molar-refractivity contribution in [2.45, 2.75) is 163 Å². The molecule has 1 heterocycles. The van der Waals surface area contributed by atoms with Crippen molar-refractivity contribution < 1.29 is 72.9 Å². The molecule has 4 aromatic carbocycles. The van der Waals surface area contributed by atoms with E-state index < -0.39 is 162 Å². The second-order valence-electron chi connectivity index (χ2n) is 25.3. The Morgan fingerprint density at radius 3 is 1.09 bits per heavy atom. The van der Waals surface area contributed by atoms with Crippen molar-refractivity contribution >= 4 is 119 Å². The Morgan fingerprint density at radius 2 is 0.695 bits per heavy atom. The normalized spacial score (nSPS) is 15.3. The lowest BCUT2D eigenvalue weighted by Gasteiger charge is -2.29. The lowest BCUT2D eigenvalue weighted by molar-refractivity contribution is -0.141. The van der Waals surface area contributed by atoms with E-state index in [0.29, 0.717) is 59.0 Å². The third-order valence-electron chi connectivity index (χ3n) is 17.3. The van der Waals surface area contributed by atoms with E-state index in [2.05, 4.69) is 107 Å². The van der Waals surface area contributed by atoms with Gasteiger partial charge in [0.25, 0.3) is 0 Å². The van der Waals surface area contributed by atoms with Gasteiger partial charge in [-0.05, 0) is 108 Å². The van der Waals surface area contributed by atoms with Gasteiger partial charge in [0, 0.05) is 60.0 Å². The molecule has 105 heavy (non-hydrogen) atoms. The molecule has 5 aromatic rings. The first-order valence-electron chi connectivity index (χ1n) is 34.7. The van der Waals surface area contributed by atoms with Crippen LogP contribution in [-0.2, 0) is 83.2 Å². The Morgan fingerprint density at radius 1 is 0.381 bits per heavy atom. The number of unbranched alkanes of at least 4 members (excludes halogenated alkanes) is 2. The quantitative estimate of drug-likeness (QED) is 0.0108. The van der Waals surface area contributed by atoms with E-state index in [1.807, 2.05) is 0 Å². The predicted octanol–water partition coefficient (Wildman–Crippen LogP) is -2.60. The number of hydrogen-bond acceptors (Lipinski definition) is 22. The Hall–Kier alpha value is -8.77. The van der Waals surface area contributed by atoms with Crippen LogP contribution < -0.4 is 75.3 Å². The number of aromatic amines is 1. The fourth-order valence-corrected chi connectivity index (χ4v) is 12.2. The zero-order chi connectivity index (χ0) is 77.1. The molecule has 5 rings (SSSR count). The summed E-state index contributed by atoms with van der Waals surface area (Å²) >= 11 is 12.7. The fraction of sp³-hybridized carbons (Fsp3) is 0.472. The van der Waals surface area contributed by atoms with Gasteiger partial charge in [-0.15, -0.1) is 0 Å². The van der Waals surface area contributed by atoms with E-state index in [4.69, 9.17) is 11.5 Å². The SMILES string of the molecule is CN[C@@H](CS)C(=O)NC(CCCCN)C(=O)N[C@@H](CS)C(=O)NC(Cc1ccccc1)C(=O)N[C@@H](Cc1ccccc1)C(=O)NC(Cc1c[nH]c2ccccc12)C(=O)N[C@@H](CCCCN)C(=O)N[C@H](C(=O)N[C@@H](Cc1ccccc1)C(=O)N[C@H](C(=O)N[C@@H](CO)C(=O)C(=O)[C@H](CS)NC)[C@@H](C)O)[C@@H](C)O. The first kappa shape index (κ1) is 86.9. The molecule has 0 aliphatic heterocycles. The largest absolute Gasteiger partial charge is 0.394 e. The van der Waals surface area contributed by atoms with Crippen LogP contribution in [0.4, 0.5) is 0 Å². The molecule has 0 aliphatic rings. The van der Waals surface area contributed by atoms with Crippen molar-refractivity contribution in [2.75, 3.05) is 51.1 Å². The van der Waals surface area contributed by atoms with Gasteiger partial charge < -0.3 is 95.6 Å². The Bertz CT molecular complexity index is 3650. The highest BCUT2D eigenvalue weighted by Gasteiger charge is 2.39. The van der Waals surface area contributed by atoms with Crippen LogP contribution in [0.2, 0.25) is 0 Å². The van der Waals surface area contributed by atoms with Crippen LogP contribution >= 0.6 is 37.9 Å². The van der Waals surface area contributed by atoms with E-state index >= 15 is 14.4 Å². The molecular weight excluding hydrogens is 1410 g/mol. The number of aliphatic hydroxyl groups excluding tert-OH is 3. The Labute approximate surface area is 626 Å². The molecule has 0 aliphatic carbocycles. The number of ketones is 2. The molecule has 10 amide bonds. The summed E-state index contributed by atoms with van der Waals surface area (Å²) in [7, 11) is 2.97. The summed E-state index contributed by atoms with van der Waals surface area (Å²) in [5, 5.41) is 64.4. The van der Waals surface area contributed by atoms with E-state index in [9.17, 15) is 58.5 Å². The molecule has 572 valence electrons. The summed E-state index contributed by atoms with van der Waals surface area (Å²) in [6.45, 7) is 1.77. The Balaban J connectivity index is 1.46. The van der Waals surface area contributed by atoms with Gasteiger partial charge in [-0.1, -0.05) is 109 Å². The molecule has 20 N–H and O–H groups in total. The summed E-state index contributed by atoms with van der Waals surface area (Å²) in [6, 6.07) is 15.3. The average Bonchev–Trinajstić information content (AvgIpc) is 1.06. The minimum atomic E-state index is -1.86. The van der Waals surface area contributed by atoms with Crippen LogP contribution in [0.15, 0.2) is 121 Å². The number of hydrogen-bond donors (Lipinski definition) is 21. The van der Waals surface area contributed by atoms with Crippen LogP contribution in [0.5, 0.6) is 0 Å². The van der Waals surface area contributed by atoms with Crippen molar-refractivity contribution in [2.24, 2.45) is 11.5 Å². The van der Waals surface area contributed by atoms with E-state index in [0.717, 1.165) is 6.92 Å². The van der Waals surface area contributed by atoms with Crippen LogP contribution in [0, 0.1) is 0 Å². The standard InChI is InChI=1S/C72H101N15O15S3/c1-41(89)59(71(101)83-53(34-45-24-12-7-13-25-45)68(98)87-60(42(2)90)72(102)84-55(37-88)61(91)62(92)56(38-103)75-3)86-64(94)50(29-17-19-31-74)78-67(97)54(35-46-36-77-48-27-15-14-26-47(46)48)82-66(96)51(32-43-20-8-5-9-21-43)80-65(95)52(33-44-22-10-6-11-23-44)81-70(100)58(40-105)85-63(93)49(28-16-18-30-73)79-69(99)57(39-104)76-4/h5-15,20-27,36,41-42,49-60,75-77,88-90,103-105H,16-19,28-35,37-40,73-74H2,1-4H3,(H,78,97)(H,79,99)(H,80,95)(H,81,100)(H,82,96)(H,83,101)(H,84,102)(H,85,93)(H,86,94)(H,87,98)/t41-,42-,49?,50+,51+,52?,53+,54?,55+,56+,57+,58+,59+,60+/m1/s1. The van der Waals surface area contributed by atoms with Crippen LogP contribution in [0.3, 0.4) is 0 Å². The second-order valence-corrected chi connectivity index (χ2v) is 26.4. The molecule has 3 unspecified atom stereocenters. The minimum Gasteiger partial charge on any atom is -0.394 e. The number of nitrogens with two attached hydrogens (primary N) is 2. The molecule has 33 heteroatoms. The van der Waals surface area contributed by atoms with Crippen molar-refractivity contribution in [1.29, 1.82) is 0 Å². The topological polar surface area (TPSA) is 478 Å². The van der Waals surface area contributed by atoms with Gasteiger partial charge in [0.05, 0.1) is 30.9 Å². The number of rotatable bonds is 47. The summed E-state index contributed by atoms with van der Waals surface area (Å²) in [5.41, 5.74) is 14.5. The predicted molar refractivity (Wildman–Crippen MR) is 405 cm³/mol. The van der Waals surface area contributed by atoms with Crippen molar-refractivity contribution in [3.8, 4) is 0 Å². The van der Waals surface area contributed by atoms with Crippen LogP contribution in [0.1, 0.15) is 74.6 Å². The number of aromatic nitrogens is 1. The number of para-hydroxylation sites is 1. The maximum absolute atomic E-state index is 15.3. The molecule has 0 spiro atoms. The number of nitrogens with one attached hydrogen (secondary N) is 13. The van der Waals surface area contributed by atoms with Gasteiger partial charge in [0.2, 0.25) is 70.6 Å². The number of H-pyrrole nitrogens is 1. The number of Topliss-reactive ketones (excluding diaryl/α,β-unsaturated/α-hetero) is 2. The number of likely N-dealkylation sites (N-methyl/N-ethyl adjacent to an activating group) is 2. The molecule has 0 saturated carbocycles. The van der Waals surface area contributed by atoms with Crippen molar-refractivity contribution in [3.05, 3.63) is 144 Å². The van der Waals surface area contributed by atoms with E-state index in [1.54, 1.807) is 129 Å². The third-order valence-corrected chi connectivity index (χ3v) is 18.4. The molecule has 30 nitrogen and oxygen atoms in total. The number of aliphatic hydroxyl groups is 3. The average molecular weight is 1510 g/mol. The maximum atomic E-state index is 15.3.